The highest BCUT2D eigenvalue weighted by atomic mass is 16.5. The zero-order valence-electron chi connectivity index (χ0n) is 13.6. The van der Waals surface area contributed by atoms with Crippen molar-refractivity contribution in [2.24, 2.45) is 0 Å². The summed E-state index contributed by atoms with van der Waals surface area (Å²) in [6, 6.07) is 9.30. The summed E-state index contributed by atoms with van der Waals surface area (Å²) in [6.45, 7) is 5.61. The standard InChI is InChI=1S/C17H23N3O3/c1-12-9-19(10-13(2)23-12)17(22)18-14-8-16(21)20(11-14)15-6-4-3-5-7-15/h3-7,12-14H,8-11H2,1-2H3,(H,18,22)/t12-,13-,14-/m1/s1. The molecule has 1 aromatic rings. The summed E-state index contributed by atoms with van der Waals surface area (Å²) in [6.07, 6.45) is 0.418. The van der Waals surface area contributed by atoms with Crippen molar-refractivity contribution in [3.05, 3.63) is 30.3 Å². The number of benzene rings is 1. The monoisotopic (exact) mass is 317 g/mol. The van der Waals surface area contributed by atoms with Crippen LogP contribution < -0.4 is 10.2 Å². The van der Waals surface area contributed by atoms with E-state index < -0.39 is 0 Å². The van der Waals surface area contributed by atoms with Crippen molar-refractivity contribution in [2.45, 2.75) is 38.5 Å². The lowest BCUT2D eigenvalue weighted by Gasteiger charge is -2.35. The molecule has 1 N–H and O–H groups in total. The van der Waals surface area contributed by atoms with E-state index in [1.54, 1.807) is 9.80 Å². The molecule has 2 aliphatic heterocycles. The van der Waals surface area contributed by atoms with Gasteiger partial charge in [-0.3, -0.25) is 4.79 Å². The molecule has 2 fully saturated rings. The van der Waals surface area contributed by atoms with Crippen LogP contribution in [0.5, 0.6) is 0 Å². The van der Waals surface area contributed by atoms with Gasteiger partial charge in [0.15, 0.2) is 0 Å². The molecule has 3 amide bonds. The second-order valence-electron chi connectivity index (χ2n) is 6.35. The van der Waals surface area contributed by atoms with E-state index in [0.29, 0.717) is 26.1 Å². The number of ether oxygens (including phenoxy) is 1. The Balaban J connectivity index is 1.59. The number of nitrogens with one attached hydrogen (secondary N) is 1. The molecule has 23 heavy (non-hydrogen) atoms. The maximum absolute atomic E-state index is 12.4. The van der Waals surface area contributed by atoms with Crippen LogP contribution in [0.15, 0.2) is 30.3 Å². The van der Waals surface area contributed by atoms with E-state index in [0.717, 1.165) is 5.69 Å². The largest absolute Gasteiger partial charge is 0.372 e. The van der Waals surface area contributed by atoms with Gasteiger partial charge in [0.05, 0.1) is 18.2 Å². The summed E-state index contributed by atoms with van der Waals surface area (Å²) in [7, 11) is 0. The summed E-state index contributed by atoms with van der Waals surface area (Å²) in [4.78, 5) is 28.1. The number of para-hydroxylation sites is 1. The smallest absolute Gasteiger partial charge is 0.317 e. The van der Waals surface area contributed by atoms with Crippen molar-refractivity contribution in [3.63, 3.8) is 0 Å². The van der Waals surface area contributed by atoms with Crippen LogP contribution in [0.1, 0.15) is 20.3 Å². The Morgan fingerprint density at radius 2 is 1.78 bits per heavy atom. The lowest BCUT2D eigenvalue weighted by molar-refractivity contribution is -0.117. The predicted molar refractivity (Wildman–Crippen MR) is 87.3 cm³/mol. The van der Waals surface area contributed by atoms with Crippen molar-refractivity contribution in [2.75, 3.05) is 24.5 Å². The predicted octanol–water partition coefficient (Wildman–Crippen LogP) is 1.61. The number of morpholine rings is 1. The van der Waals surface area contributed by atoms with E-state index in [-0.39, 0.29) is 30.2 Å². The summed E-state index contributed by atoms with van der Waals surface area (Å²) < 4.78 is 5.64. The summed E-state index contributed by atoms with van der Waals surface area (Å²) in [5, 5.41) is 2.99. The minimum absolute atomic E-state index is 0.0375. The number of carbonyl (C=O) groups excluding carboxylic acids is 2. The lowest BCUT2D eigenvalue weighted by Crippen LogP contribution is -2.53. The molecule has 1 aromatic carbocycles. The third-order valence-corrected chi connectivity index (χ3v) is 4.23. The highest BCUT2D eigenvalue weighted by molar-refractivity contribution is 5.96. The third-order valence-electron chi connectivity index (χ3n) is 4.23. The Hall–Kier alpha value is -2.08. The number of rotatable bonds is 2. The number of hydrogen-bond donors (Lipinski definition) is 1. The summed E-state index contributed by atoms with van der Waals surface area (Å²) >= 11 is 0. The van der Waals surface area contributed by atoms with Gasteiger partial charge in [-0.15, -0.1) is 0 Å². The molecule has 2 aliphatic rings. The highest BCUT2D eigenvalue weighted by Gasteiger charge is 2.33. The zero-order valence-corrected chi connectivity index (χ0v) is 13.6. The van der Waals surface area contributed by atoms with Gasteiger partial charge in [0.2, 0.25) is 5.91 Å². The van der Waals surface area contributed by atoms with Crippen LogP contribution in [0.3, 0.4) is 0 Å². The van der Waals surface area contributed by atoms with Gasteiger partial charge in [0.1, 0.15) is 0 Å². The van der Waals surface area contributed by atoms with Gasteiger partial charge in [-0.25, -0.2) is 4.79 Å². The Morgan fingerprint density at radius 3 is 2.43 bits per heavy atom. The Labute approximate surface area is 136 Å². The first-order chi connectivity index (χ1) is 11.0. The third kappa shape index (κ3) is 3.64. The molecule has 2 heterocycles. The van der Waals surface area contributed by atoms with Gasteiger partial charge in [0.25, 0.3) is 0 Å². The average molecular weight is 317 g/mol. The molecule has 0 aromatic heterocycles. The number of nitrogens with zero attached hydrogens (tertiary/aromatic N) is 2. The van der Waals surface area contributed by atoms with E-state index in [1.807, 2.05) is 44.2 Å². The second-order valence-corrected chi connectivity index (χ2v) is 6.35. The van der Waals surface area contributed by atoms with E-state index in [1.165, 1.54) is 0 Å². The van der Waals surface area contributed by atoms with Crippen molar-refractivity contribution < 1.29 is 14.3 Å². The van der Waals surface area contributed by atoms with Gasteiger partial charge in [-0.05, 0) is 26.0 Å². The molecule has 0 radical (unpaired) electrons. The van der Waals surface area contributed by atoms with E-state index in [4.69, 9.17) is 4.74 Å². The van der Waals surface area contributed by atoms with Gasteiger partial charge in [-0.2, -0.15) is 0 Å². The summed E-state index contributed by atoms with van der Waals surface area (Å²) in [5.41, 5.74) is 0.878. The van der Waals surface area contributed by atoms with E-state index in [2.05, 4.69) is 5.32 Å². The van der Waals surface area contributed by atoms with Crippen LogP contribution >= 0.6 is 0 Å². The fraction of sp³-hybridized carbons (Fsp3) is 0.529. The van der Waals surface area contributed by atoms with E-state index >= 15 is 0 Å². The van der Waals surface area contributed by atoms with Crippen molar-refractivity contribution in [3.8, 4) is 0 Å². The molecule has 6 nitrogen and oxygen atoms in total. The number of carbonyl (C=O) groups is 2. The first kappa shape index (κ1) is 15.8. The molecular formula is C17H23N3O3. The topological polar surface area (TPSA) is 61.9 Å². The zero-order chi connectivity index (χ0) is 16.4. The lowest BCUT2D eigenvalue weighted by atomic mass is 10.2. The number of hydrogen-bond acceptors (Lipinski definition) is 3. The molecule has 6 heteroatoms. The van der Waals surface area contributed by atoms with Gasteiger partial charge < -0.3 is 19.9 Å². The molecule has 3 atom stereocenters. The van der Waals surface area contributed by atoms with Crippen LogP contribution in [0.2, 0.25) is 0 Å². The van der Waals surface area contributed by atoms with Gasteiger partial charge in [0, 0.05) is 31.7 Å². The molecule has 0 unspecified atom stereocenters. The van der Waals surface area contributed by atoms with Gasteiger partial charge >= 0.3 is 6.03 Å². The number of anilines is 1. The second kappa shape index (κ2) is 6.58. The average Bonchev–Trinajstić information content (AvgIpc) is 2.87. The van der Waals surface area contributed by atoms with Crippen molar-refractivity contribution >= 4 is 17.6 Å². The normalized spacial score (nSPS) is 28.1. The quantitative estimate of drug-likeness (QED) is 0.901. The fourth-order valence-electron chi connectivity index (χ4n) is 3.27. The number of urea groups is 1. The molecule has 2 saturated heterocycles. The molecule has 0 spiro atoms. The van der Waals surface area contributed by atoms with Crippen LogP contribution in [-0.4, -0.2) is 54.7 Å². The highest BCUT2D eigenvalue weighted by Crippen LogP contribution is 2.21. The van der Waals surface area contributed by atoms with Crippen LogP contribution in [0.25, 0.3) is 0 Å². The molecule has 124 valence electrons. The van der Waals surface area contributed by atoms with E-state index in [9.17, 15) is 9.59 Å². The maximum atomic E-state index is 12.4. The minimum Gasteiger partial charge on any atom is -0.372 e. The molecule has 0 aliphatic carbocycles. The van der Waals surface area contributed by atoms with Crippen LogP contribution in [0, 0.1) is 0 Å². The molecular weight excluding hydrogens is 294 g/mol. The minimum atomic E-state index is -0.149. The summed E-state index contributed by atoms with van der Waals surface area (Å²) in [5.74, 6) is 0.0465. The van der Waals surface area contributed by atoms with Crippen LogP contribution in [-0.2, 0) is 9.53 Å². The van der Waals surface area contributed by atoms with Crippen LogP contribution in [0.4, 0.5) is 10.5 Å². The SMILES string of the molecule is C[C@@H]1CN(C(=O)N[C@@H]2CC(=O)N(c3ccccc3)C2)C[C@@H](C)O1. The number of amides is 3. The fourth-order valence-corrected chi connectivity index (χ4v) is 3.27. The van der Waals surface area contributed by atoms with Crippen molar-refractivity contribution in [1.82, 2.24) is 10.2 Å². The molecule has 3 rings (SSSR count). The first-order valence-corrected chi connectivity index (χ1v) is 8.09. The van der Waals surface area contributed by atoms with Crippen molar-refractivity contribution in [1.29, 1.82) is 0 Å². The van der Waals surface area contributed by atoms with Gasteiger partial charge in [-0.1, -0.05) is 18.2 Å². The maximum Gasteiger partial charge on any atom is 0.317 e. The molecule has 0 bridgehead atoms. The Morgan fingerprint density at radius 1 is 1.13 bits per heavy atom. The first-order valence-electron chi connectivity index (χ1n) is 8.09. The molecule has 0 saturated carbocycles. The Kier molecular flexibility index (Phi) is 4.52. The Bertz CT molecular complexity index is 568.